The molecule has 2 aliphatic carbocycles. The summed E-state index contributed by atoms with van der Waals surface area (Å²) in [6.45, 7) is 3.86. The third-order valence-corrected chi connectivity index (χ3v) is 8.39. The minimum atomic E-state index is 0.259. The lowest BCUT2D eigenvalue weighted by Crippen LogP contribution is -2.34. The number of methoxy groups -OCH3 is 1. The van der Waals surface area contributed by atoms with Gasteiger partial charge >= 0.3 is 0 Å². The fourth-order valence-electron chi connectivity index (χ4n) is 6.28. The first-order chi connectivity index (χ1) is 19.1. The lowest BCUT2D eigenvalue weighted by Gasteiger charge is -2.28. The zero-order valence-electron chi connectivity index (χ0n) is 23.5. The molecule has 39 heavy (non-hydrogen) atoms. The molecular weight excluding hydrogens is 484 g/mol. The quantitative estimate of drug-likeness (QED) is 0.234. The van der Waals surface area contributed by atoms with E-state index in [1.807, 2.05) is 6.07 Å². The van der Waals surface area contributed by atoms with E-state index in [-0.39, 0.29) is 6.04 Å². The number of aryl methyl sites for hydroxylation is 1. The van der Waals surface area contributed by atoms with Crippen LogP contribution in [0.4, 0.5) is 5.69 Å². The Kier molecular flexibility index (Phi) is 9.31. The Morgan fingerprint density at radius 2 is 1.69 bits per heavy atom. The summed E-state index contributed by atoms with van der Waals surface area (Å²) in [7, 11) is 1.72. The van der Waals surface area contributed by atoms with Crippen molar-refractivity contribution in [3.8, 4) is 17.2 Å². The van der Waals surface area contributed by atoms with Crippen LogP contribution in [0.1, 0.15) is 73.6 Å². The van der Waals surface area contributed by atoms with Crippen molar-refractivity contribution in [1.82, 2.24) is 5.32 Å². The molecule has 0 saturated heterocycles. The summed E-state index contributed by atoms with van der Waals surface area (Å²) in [6, 6.07) is 21.7. The smallest absolute Gasteiger partial charge is 0.120 e. The van der Waals surface area contributed by atoms with Gasteiger partial charge in [0, 0.05) is 30.4 Å². The van der Waals surface area contributed by atoms with E-state index in [0.29, 0.717) is 24.3 Å². The van der Waals surface area contributed by atoms with Crippen molar-refractivity contribution >= 4 is 5.69 Å². The van der Waals surface area contributed by atoms with Crippen LogP contribution in [0.15, 0.2) is 60.7 Å². The molecule has 0 bridgehead atoms. The molecule has 5 rings (SSSR count). The van der Waals surface area contributed by atoms with Gasteiger partial charge in [0.2, 0.25) is 0 Å². The molecule has 2 aliphatic rings. The maximum atomic E-state index is 9.87. The van der Waals surface area contributed by atoms with E-state index in [4.69, 9.17) is 9.47 Å². The molecule has 0 aromatic heterocycles. The molecule has 0 aliphatic heterocycles. The molecule has 2 atom stereocenters. The fraction of sp³-hybridized carbons (Fsp3) is 0.471. The van der Waals surface area contributed by atoms with Crippen LogP contribution in [0, 0.1) is 0 Å². The highest BCUT2D eigenvalue weighted by Crippen LogP contribution is 2.38. The van der Waals surface area contributed by atoms with Gasteiger partial charge in [-0.05, 0) is 104 Å². The second kappa shape index (κ2) is 13.3. The van der Waals surface area contributed by atoms with Crippen LogP contribution in [-0.4, -0.2) is 37.5 Å². The predicted molar refractivity (Wildman–Crippen MR) is 159 cm³/mol. The molecule has 208 valence electrons. The molecule has 5 heteroatoms. The van der Waals surface area contributed by atoms with E-state index in [9.17, 15) is 5.11 Å². The Morgan fingerprint density at radius 3 is 2.49 bits per heavy atom. The molecule has 2 unspecified atom stereocenters. The summed E-state index contributed by atoms with van der Waals surface area (Å²) < 4.78 is 11.6. The number of hydrogen-bond acceptors (Lipinski definition) is 5. The van der Waals surface area contributed by atoms with Crippen molar-refractivity contribution < 1.29 is 14.6 Å². The van der Waals surface area contributed by atoms with Gasteiger partial charge in [-0.15, -0.1) is 0 Å². The van der Waals surface area contributed by atoms with Crippen LogP contribution in [0.25, 0.3) is 0 Å². The molecule has 0 heterocycles. The number of fused-ring (bicyclic) bond motifs is 1. The van der Waals surface area contributed by atoms with Crippen molar-refractivity contribution in [2.75, 3.05) is 25.6 Å². The molecule has 1 saturated carbocycles. The van der Waals surface area contributed by atoms with Crippen molar-refractivity contribution in [1.29, 1.82) is 0 Å². The highest BCUT2D eigenvalue weighted by atomic mass is 16.5. The summed E-state index contributed by atoms with van der Waals surface area (Å²) >= 11 is 0. The number of rotatable bonds is 11. The number of nitrogens with one attached hydrogen (secondary N) is 2. The summed E-state index contributed by atoms with van der Waals surface area (Å²) in [5.74, 6) is 2.60. The Morgan fingerprint density at radius 1 is 0.897 bits per heavy atom. The van der Waals surface area contributed by atoms with Gasteiger partial charge in [0.05, 0.1) is 7.11 Å². The largest absolute Gasteiger partial charge is 0.508 e. The van der Waals surface area contributed by atoms with Gasteiger partial charge in [-0.1, -0.05) is 43.5 Å². The Hall–Kier alpha value is -3.18. The molecule has 3 aromatic carbocycles. The second-order valence-electron chi connectivity index (χ2n) is 11.4. The van der Waals surface area contributed by atoms with Gasteiger partial charge in [-0.3, -0.25) is 0 Å². The van der Waals surface area contributed by atoms with E-state index in [1.165, 1.54) is 54.4 Å². The maximum Gasteiger partial charge on any atom is 0.120 e. The van der Waals surface area contributed by atoms with E-state index < -0.39 is 0 Å². The SMILES string of the molecule is COc1ccc(C2CCc3cc(O)ccc3C2)c(NC(C)Cc2ccc(OCCNC3CCCCC3)cc2)c1. The highest BCUT2D eigenvalue weighted by Gasteiger charge is 2.23. The van der Waals surface area contributed by atoms with E-state index in [1.54, 1.807) is 13.2 Å². The van der Waals surface area contributed by atoms with Crippen LogP contribution in [0.5, 0.6) is 17.2 Å². The normalized spacial score (nSPS) is 18.3. The highest BCUT2D eigenvalue weighted by molar-refractivity contribution is 5.58. The lowest BCUT2D eigenvalue weighted by atomic mass is 9.79. The molecule has 0 radical (unpaired) electrons. The number of phenols is 1. The third kappa shape index (κ3) is 7.48. The van der Waals surface area contributed by atoms with Gasteiger partial charge in [0.25, 0.3) is 0 Å². The van der Waals surface area contributed by atoms with Gasteiger partial charge in [0.15, 0.2) is 0 Å². The summed E-state index contributed by atoms with van der Waals surface area (Å²) in [5, 5.41) is 17.3. The summed E-state index contributed by atoms with van der Waals surface area (Å²) in [6.07, 6.45) is 10.7. The Labute approximate surface area is 233 Å². The fourth-order valence-corrected chi connectivity index (χ4v) is 6.28. The van der Waals surface area contributed by atoms with Gasteiger partial charge < -0.3 is 25.2 Å². The topological polar surface area (TPSA) is 62.8 Å². The molecule has 1 fully saturated rings. The number of benzene rings is 3. The van der Waals surface area contributed by atoms with Gasteiger partial charge in [0.1, 0.15) is 23.9 Å². The number of aromatic hydroxyl groups is 1. The number of ether oxygens (including phenoxy) is 2. The average molecular weight is 529 g/mol. The first-order valence-corrected chi connectivity index (χ1v) is 14.8. The predicted octanol–water partition coefficient (Wildman–Crippen LogP) is 7.02. The Bertz CT molecular complexity index is 1200. The minimum absolute atomic E-state index is 0.259. The first kappa shape index (κ1) is 27.4. The van der Waals surface area contributed by atoms with Crippen molar-refractivity contribution in [2.45, 2.75) is 82.7 Å². The molecule has 3 aromatic rings. The van der Waals surface area contributed by atoms with Crippen molar-refractivity contribution in [3.63, 3.8) is 0 Å². The average Bonchev–Trinajstić information content (AvgIpc) is 2.96. The van der Waals surface area contributed by atoms with Gasteiger partial charge in [-0.2, -0.15) is 0 Å². The number of anilines is 1. The maximum absolute atomic E-state index is 9.87. The molecule has 5 nitrogen and oxygen atoms in total. The van der Waals surface area contributed by atoms with Crippen molar-refractivity contribution in [2.24, 2.45) is 0 Å². The molecule has 0 spiro atoms. The first-order valence-electron chi connectivity index (χ1n) is 14.8. The monoisotopic (exact) mass is 528 g/mol. The zero-order valence-corrected chi connectivity index (χ0v) is 23.5. The number of phenolic OH excluding ortho intramolecular Hbond substituents is 1. The molecule has 0 amide bonds. The van der Waals surface area contributed by atoms with Crippen LogP contribution in [0.2, 0.25) is 0 Å². The van der Waals surface area contributed by atoms with Crippen LogP contribution < -0.4 is 20.1 Å². The zero-order chi connectivity index (χ0) is 27.0. The third-order valence-electron chi connectivity index (χ3n) is 8.39. The molecular formula is C34H44N2O3. The van der Waals surface area contributed by atoms with E-state index in [0.717, 1.165) is 49.4 Å². The van der Waals surface area contributed by atoms with E-state index in [2.05, 4.69) is 66.1 Å². The van der Waals surface area contributed by atoms with Crippen LogP contribution >= 0.6 is 0 Å². The second-order valence-corrected chi connectivity index (χ2v) is 11.4. The minimum Gasteiger partial charge on any atom is -0.508 e. The number of hydrogen-bond donors (Lipinski definition) is 3. The van der Waals surface area contributed by atoms with Crippen LogP contribution in [0.3, 0.4) is 0 Å². The Balaban J connectivity index is 1.16. The van der Waals surface area contributed by atoms with Gasteiger partial charge in [-0.25, -0.2) is 0 Å². The standard InChI is InChI=1S/C34H44N2O3/c1-24(20-25-8-14-31(15-9-25)39-19-18-35-29-6-4-3-5-7-29)36-34-23-32(38-2)16-17-33(34)28-11-10-27-22-30(37)13-12-26(27)21-28/h8-9,12-17,22-24,28-29,35-37H,3-7,10-11,18-21H2,1-2H3. The lowest BCUT2D eigenvalue weighted by molar-refractivity contribution is 0.289. The van der Waals surface area contributed by atoms with Crippen LogP contribution in [-0.2, 0) is 19.3 Å². The van der Waals surface area contributed by atoms with Crippen molar-refractivity contribution in [3.05, 3.63) is 82.9 Å². The molecule has 3 N–H and O–H groups in total. The summed E-state index contributed by atoms with van der Waals surface area (Å²) in [5.41, 5.74) is 6.39. The van der Waals surface area contributed by atoms with E-state index >= 15 is 0 Å². The summed E-state index contributed by atoms with van der Waals surface area (Å²) in [4.78, 5) is 0.